The van der Waals surface area contributed by atoms with E-state index in [1.54, 1.807) is 7.11 Å². The molecule has 0 aromatic carbocycles. The van der Waals surface area contributed by atoms with Gasteiger partial charge < -0.3 is 15.8 Å². The van der Waals surface area contributed by atoms with Gasteiger partial charge in [-0.05, 0) is 25.7 Å². The average Bonchev–Trinajstić information content (AvgIpc) is 3.04. The summed E-state index contributed by atoms with van der Waals surface area (Å²) in [5.41, 5.74) is 5.99. The fraction of sp³-hybridized carbons (Fsp3) is 0.800. The summed E-state index contributed by atoms with van der Waals surface area (Å²) in [6.45, 7) is 2.71. The molecule has 0 bridgehead atoms. The third-order valence-electron chi connectivity index (χ3n) is 2.88. The normalized spacial score (nSPS) is 19.4. The molecule has 1 heterocycles. The number of methoxy groups -OCH3 is 1. The highest BCUT2D eigenvalue weighted by atomic mass is 32.1. The Morgan fingerprint density at radius 1 is 1.62 bits per heavy atom. The van der Waals surface area contributed by atoms with Gasteiger partial charge in [-0.1, -0.05) is 0 Å². The minimum Gasteiger partial charge on any atom is -0.374 e. The number of hydrogen-bond donors (Lipinski definition) is 2. The Balaban J connectivity index is 1.82. The second kappa shape index (κ2) is 5.07. The molecule has 0 aliphatic heterocycles. The summed E-state index contributed by atoms with van der Waals surface area (Å²) in [6, 6.07) is 0.243. The van der Waals surface area contributed by atoms with Crippen LogP contribution >= 0.6 is 11.5 Å². The lowest BCUT2D eigenvalue weighted by Crippen LogP contribution is -2.31. The van der Waals surface area contributed by atoms with Crippen LogP contribution in [0.25, 0.3) is 0 Å². The van der Waals surface area contributed by atoms with Crippen molar-refractivity contribution in [2.24, 2.45) is 11.7 Å². The highest BCUT2D eigenvalue weighted by Crippen LogP contribution is 2.31. The topological polar surface area (TPSA) is 73.1 Å². The van der Waals surface area contributed by atoms with Gasteiger partial charge in [0.05, 0.1) is 0 Å². The van der Waals surface area contributed by atoms with Crippen LogP contribution in [-0.2, 0) is 4.74 Å². The van der Waals surface area contributed by atoms with Crippen LogP contribution < -0.4 is 11.1 Å². The second-order valence-corrected chi connectivity index (χ2v) is 4.97. The maximum atomic E-state index is 5.99. The van der Waals surface area contributed by atoms with Gasteiger partial charge in [0.25, 0.3) is 0 Å². The molecule has 1 aromatic rings. The third-order valence-corrected chi connectivity index (χ3v) is 3.56. The first-order valence-corrected chi connectivity index (χ1v) is 6.34. The van der Waals surface area contributed by atoms with Gasteiger partial charge in [-0.2, -0.15) is 4.37 Å². The maximum absolute atomic E-state index is 5.99. The Hall–Kier alpha value is -0.720. The molecule has 16 heavy (non-hydrogen) atoms. The number of rotatable bonds is 6. The van der Waals surface area contributed by atoms with Crippen LogP contribution in [-0.4, -0.2) is 29.1 Å². The van der Waals surface area contributed by atoms with Gasteiger partial charge >= 0.3 is 0 Å². The van der Waals surface area contributed by atoms with Crippen LogP contribution in [0.3, 0.4) is 0 Å². The number of anilines is 1. The fourth-order valence-corrected chi connectivity index (χ4v) is 2.12. The summed E-state index contributed by atoms with van der Waals surface area (Å²) in [4.78, 5) is 4.35. The molecular formula is C10H18N4OS. The summed E-state index contributed by atoms with van der Waals surface area (Å²) in [6.07, 6.45) is 2.49. The molecule has 3 N–H and O–H groups in total. The molecule has 1 aliphatic rings. The summed E-state index contributed by atoms with van der Waals surface area (Å²) in [5, 5.41) is 4.06. The Bertz CT molecular complexity index is 339. The van der Waals surface area contributed by atoms with E-state index in [9.17, 15) is 0 Å². The Kier molecular flexibility index (Phi) is 3.73. The van der Waals surface area contributed by atoms with Crippen molar-refractivity contribution >= 4 is 16.7 Å². The number of ether oxygens (including phenoxy) is 1. The van der Waals surface area contributed by atoms with Crippen molar-refractivity contribution in [3.63, 3.8) is 0 Å². The van der Waals surface area contributed by atoms with Crippen molar-refractivity contribution in [2.75, 3.05) is 19.0 Å². The van der Waals surface area contributed by atoms with E-state index in [1.165, 1.54) is 24.4 Å². The van der Waals surface area contributed by atoms with Crippen LogP contribution in [0.1, 0.15) is 31.7 Å². The number of nitrogens with two attached hydrogens (primary N) is 1. The van der Waals surface area contributed by atoms with Crippen molar-refractivity contribution in [2.45, 2.75) is 31.9 Å². The van der Waals surface area contributed by atoms with E-state index in [1.807, 2.05) is 6.92 Å². The number of nitrogens with zero attached hydrogens (tertiary/aromatic N) is 2. The zero-order valence-corrected chi connectivity index (χ0v) is 10.5. The first-order chi connectivity index (χ1) is 7.70. The molecule has 1 aliphatic carbocycles. The highest BCUT2D eigenvalue weighted by molar-refractivity contribution is 7.09. The average molecular weight is 242 g/mol. The van der Waals surface area contributed by atoms with Gasteiger partial charge in [-0.3, -0.25) is 0 Å². The zero-order chi connectivity index (χ0) is 11.5. The standard InChI is InChI=1S/C10H18N4OS/c1-6(15-2)9-13-10(16-14-9)12-5-8(11)7-3-4-7/h6-8H,3-5,11H2,1-2H3,(H,12,13,14). The number of aromatic nitrogens is 2. The van der Waals surface area contributed by atoms with Crippen molar-refractivity contribution in [1.29, 1.82) is 0 Å². The zero-order valence-electron chi connectivity index (χ0n) is 9.64. The predicted octanol–water partition coefficient (Wildman–Crippen LogP) is 1.39. The van der Waals surface area contributed by atoms with Crippen molar-refractivity contribution in [1.82, 2.24) is 9.36 Å². The van der Waals surface area contributed by atoms with E-state index >= 15 is 0 Å². The van der Waals surface area contributed by atoms with Gasteiger partial charge in [-0.15, -0.1) is 0 Å². The van der Waals surface area contributed by atoms with Gasteiger partial charge in [0, 0.05) is 31.2 Å². The molecule has 90 valence electrons. The van der Waals surface area contributed by atoms with Gasteiger partial charge in [0.2, 0.25) is 5.13 Å². The summed E-state index contributed by atoms with van der Waals surface area (Å²) >= 11 is 1.36. The molecule has 1 fully saturated rings. The Morgan fingerprint density at radius 3 is 3.00 bits per heavy atom. The van der Waals surface area contributed by atoms with E-state index in [0.717, 1.165) is 17.5 Å². The van der Waals surface area contributed by atoms with Crippen molar-refractivity contribution in [3.8, 4) is 0 Å². The SMILES string of the molecule is COC(C)c1nsc(NCC(N)C2CC2)n1. The van der Waals surface area contributed by atoms with Crippen LogP contribution in [0.4, 0.5) is 5.13 Å². The molecule has 2 rings (SSSR count). The summed E-state index contributed by atoms with van der Waals surface area (Å²) in [7, 11) is 1.65. The minimum absolute atomic E-state index is 0.0519. The first kappa shape index (κ1) is 11.8. The van der Waals surface area contributed by atoms with Crippen LogP contribution in [0.5, 0.6) is 0 Å². The van der Waals surface area contributed by atoms with Gasteiger partial charge in [0.15, 0.2) is 5.82 Å². The molecule has 1 aromatic heterocycles. The van der Waals surface area contributed by atoms with E-state index in [2.05, 4.69) is 14.7 Å². The van der Waals surface area contributed by atoms with Crippen molar-refractivity contribution < 1.29 is 4.74 Å². The lowest BCUT2D eigenvalue weighted by molar-refractivity contribution is 0.113. The van der Waals surface area contributed by atoms with E-state index in [-0.39, 0.29) is 12.1 Å². The third kappa shape index (κ3) is 2.90. The molecule has 0 saturated heterocycles. The molecule has 0 spiro atoms. The van der Waals surface area contributed by atoms with E-state index < -0.39 is 0 Å². The fourth-order valence-electron chi connectivity index (χ4n) is 1.47. The smallest absolute Gasteiger partial charge is 0.202 e. The predicted molar refractivity (Wildman–Crippen MR) is 64.5 cm³/mol. The first-order valence-electron chi connectivity index (χ1n) is 5.56. The monoisotopic (exact) mass is 242 g/mol. The Labute approximate surface area is 99.6 Å². The highest BCUT2D eigenvalue weighted by Gasteiger charge is 2.28. The lowest BCUT2D eigenvalue weighted by atomic mass is 10.2. The summed E-state index contributed by atoms with van der Waals surface area (Å²) < 4.78 is 9.38. The lowest BCUT2D eigenvalue weighted by Gasteiger charge is -2.09. The van der Waals surface area contributed by atoms with Gasteiger partial charge in [0.1, 0.15) is 6.10 Å². The molecular weight excluding hydrogens is 224 g/mol. The quantitative estimate of drug-likeness (QED) is 0.788. The van der Waals surface area contributed by atoms with E-state index in [4.69, 9.17) is 10.5 Å². The summed E-state index contributed by atoms with van der Waals surface area (Å²) in [5.74, 6) is 1.44. The van der Waals surface area contributed by atoms with Crippen LogP contribution in [0, 0.1) is 5.92 Å². The van der Waals surface area contributed by atoms with Gasteiger partial charge in [-0.25, -0.2) is 4.98 Å². The molecule has 2 atom stereocenters. The number of nitrogens with one attached hydrogen (secondary N) is 1. The molecule has 6 heteroatoms. The van der Waals surface area contributed by atoms with E-state index in [0.29, 0.717) is 5.92 Å². The van der Waals surface area contributed by atoms with Crippen LogP contribution in [0.15, 0.2) is 0 Å². The molecule has 0 amide bonds. The van der Waals surface area contributed by atoms with Crippen LogP contribution in [0.2, 0.25) is 0 Å². The van der Waals surface area contributed by atoms with Crippen molar-refractivity contribution in [3.05, 3.63) is 5.82 Å². The maximum Gasteiger partial charge on any atom is 0.202 e. The molecule has 2 unspecified atom stereocenters. The number of hydrogen-bond acceptors (Lipinski definition) is 6. The molecule has 0 radical (unpaired) electrons. The largest absolute Gasteiger partial charge is 0.374 e. The Morgan fingerprint density at radius 2 is 2.38 bits per heavy atom. The molecule has 5 nitrogen and oxygen atoms in total. The minimum atomic E-state index is -0.0519. The second-order valence-electron chi connectivity index (χ2n) is 4.22. The molecule has 1 saturated carbocycles.